The number of carbonyl (C=O) groups is 2. The quantitative estimate of drug-likeness (QED) is 0.584. The molecule has 0 aromatic rings. The molecule has 0 saturated heterocycles. The van der Waals surface area contributed by atoms with Gasteiger partial charge in [0.25, 0.3) is 5.91 Å². The summed E-state index contributed by atoms with van der Waals surface area (Å²) in [6.07, 6.45) is 2.51. The molecule has 1 amide bonds. The van der Waals surface area contributed by atoms with Crippen LogP contribution in [0.25, 0.3) is 0 Å². The highest BCUT2D eigenvalue weighted by Crippen LogP contribution is 2.30. The molecule has 1 atom stereocenters. The van der Waals surface area contributed by atoms with Gasteiger partial charge in [0, 0.05) is 0 Å². The van der Waals surface area contributed by atoms with Crippen LogP contribution < -0.4 is 5.32 Å². The van der Waals surface area contributed by atoms with E-state index in [1.807, 2.05) is 0 Å². The Morgan fingerprint density at radius 3 is 2.86 bits per heavy atom. The number of aldehydes is 1. The number of hydrogen-bond acceptors (Lipinski definition) is 2. The number of nitrogens with one attached hydrogen (secondary N) is 1. The van der Waals surface area contributed by atoms with E-state index >= 15 is 0 Å². The van der Waals surface area contributed by atoms with Gasteiger partial charge in [0.2, 0.25) is 6.29 Å². The number of rotatable bonds is 2. The molecule has 1 rings (SSSR count). The molecule has 14 heavy (non-hydrogen) atoms. The van der Waals surface area contributed by atoms with E-state index in [1.54, 1.807) is 13.0 Å². The van der Waals surface area contributed by atoms with Crippen LogP contribution in [0.15, 0.2) is 21.7 Å². The number of hydrogen-bond donors (Lipinski definition) is 1. The number of halogens is 2. The average molecular weight is 234 g/mol. The third-order valence-electron chi connectivity index (χ3n) is 2.03. The van der Waals surface area contributed by atoms with E-state index in [0.29, 0.717) is 16.5 Å². The minimum absolute atomic E-state index is 0.234. The van der Waals surface area contributed by atoms with Crippen molar-refractivity contribution in [3.63, 3.8) is 0 Å². The molecular weight excluding hydrogens is 225 g/mol. The Morgan fingerprint density at radius 1 is 1.64 bits per heavy atom. The second-order valence-electron chi connectivity index (χ2n) is 2.96. The topological polar surface area (TPSA) is 46.2 Å². The van der Waals surface area contributed by atoms with Gasteiger partial charge in [-0.05, 0) is 18.9 Å². The number of amides is 1. The molecule has 1 aliphatic carbocycles. The normalized spacial score (nSPS) is 21.6. The van der Waals surface area contributed by atoms with Crippen LogP contribution in [0.3, 0.4) is 0 Å². The molecule has 1 aliphatic rings. The smallest absolute Gasteiger partial charge is 0.284 e. The maximum absolute atomic E-state index is 10.8. The van der Waals surface area contributed by atoms with Crippen molar-refractivity contribution in [2.24, 2.45) is 0 Å². The SMILES string of the molecule is CC1=C(Cl)C(Cl)=CCC1NC(=O)C=O. The standard InChI is InChI=1S/C9H9Cl2NO2/c1-5-7(12-8(14)4-13)3-2-6(10)9(5)11/h2,4,7H,3H2,1H3,(H,12,14). The molecule has 0 aromatic carbocycles. The van der Waals surface area contributed by atoms with E-state index < -0.39 is 5.91 Å². The van der Waals surface area contributed by atoms with Crippen LogP contribution in [0.4, 0.5) is 0 Å². The molecule has 0 aliphatic heterocycles. The Kier molecular flexibility index (Phi) is 3.72. The molecule has 0 fully saturated rings. The molecule has 0 spiro atoms. The van der Waals surface area contributed by atoms with Crippen LogP contribution >= 0.6 is 23.2 Å². The maximum Gasteiger partial charge on any atom is 0.284 e. The zero-order valence-electron chi connectivity index (χ0n) is 7.51. The Labute approximate surface area is 91.8 Å². The molecule has 0 aromatic heterocycles. The molecule has 1 N–H and O–H groups in total. The maximum atomic E-state index is 10.8. The van der Waals surface area contributed by atoms with E-state index in [9.17, 15) is 9.59 Å². The first-order chi connectivity index (χ1) is 6.56. The highest BCUT2D eigenvalue weighted by molar-refractivity contribution is 6.44. The minimum Gasteiger partial charge on any atom is -0.343 e. The first kappa shape index (κ1) is 11.3. The van der Waals surface area contributed by atoms with E-state index in [1.165, 1.54) is 0 Å². The van der Waals surface area contributed by atoms with Crippen molar-refractivity contribution in [2.75, 3.05) is 0 Å². The number of allylic oxidation sites excluding steroid dienone is 2. The second kappa shape index (κ2) is 4.62. The lowest BCUT2D eigenvalue weighted by atomic mass is 10.00. The Balaban J connectivity index is 2.77. The van der Waals surface area contributed by atoms with Gasteiger partial charge in [-0.2, -0.15) is 0 Å². The fourth-order valence-electron chi connectivity index (χ4n) is 1.20. The number of carbonyl (C=O) groups excluding carboxylic acids is 2. The van der Waals surface area contributed by atoms with Crippen molar-refractivity contribution in [3.05, 3.63) is 21.7 Å². The summed E-state index contributed by atoms with van der Waals surface area (Å²) < 4.78 is 0. The Bertz CT molecular complexity index is 334. The Hall–Kier alpha value is -0.800. The molecule has 5 heteroatoms. The zero-order valence-corrected chi connectivity index (χ0v) is 9.02. The van der Waals surface area contributed by atoms with Crippen molar-refractivity contribution in [2.45, 2.75) is 19.4 Å². The summed E-state index contributed by atoms with van der Waals surface area (Å²) in [5.74, 6) is -0.648. The Morgan fingerprint density at radius 2 is 2.29 bits per heavy atom. The van der Waals surface area contributed by atoms with Gasteiger partial charge in [-0.25, -0.2) is 0 Å². The highest BCUT2D eigenvalue weighted by Gasteiger charge is 2.20. The summed E-state index contributed by atoms with van der Waals surface area (Å²) in [7, 11) is 0. The van der Waals surface area contributed by atoms with Crippen LogP contribution in [0.2, 0.25) is 0 Å². The van der Waals surface area contributed by atoms with Gasteiger partial charge >= 0.3 is 0 Å². The van der Waals surface area contributed by atoms with E-state index in [0.717, 1.165) is 5.57 Å². The lowest BCUT2D eigenvalue weighted by Crippen LogP contribution is -2.37. The van der Waals surface area contributed by atoms with Gasteiger partial charge in [-0.3, -0.25) is 9.59 Å². The van der Waals surface area contributed by atoms with Crippen molar-refractivity contribution >= 4 is 35.4 Å². The molecule has 0 radical (unpaired) electrons. The van der Waals surface area contributed by atoms with Crippen LogP contribution in [-0.2, 0) is 9.59 Å². The minimum atomic E-state index is -0.648. The average Bonchev–Trinajstić information content (AvgIpc) is 2.19. The van der Waals surface area contributed by atoms with E-state index in [2.05, 4.69) is 5.32 Å². The predicted octanol–water partition coefficient (Wildman–Crippen LogP) is 1.71. The largest absolute Gasteiger partial charge is 0.343 e. The third-order valence-corrected chi connectivity index (χ3v) is 2.98. The molecule has 1 unspecified atom stereocenters. The monoisotopic (exact) mass is 233 g/mol. The summed E-state index contributed by atoms with van der Waals surface area (Å²) in [4.78, 5) is 20.9. The fourth-order valence-corrected chi connectivity index (χ4v) is 1.65. The zero-order chi connectivity index (χ0) is 10.7. The van der Waals surface area contributed by atoms with E-state index in [-0.39, 0.29) is 12.3 Å². The van der Waals surface area contributed by atoms with Gasteiger partial charge in [0.15, 0.2) is 0 Å². The molecule has 76 valence electrons. The summed E-state index contributed by atoms with van der Waals surface area (Å²) in [6.45, 7) is 1.77. The first-order valence-electron chi connectivity index (χ1n) is 4.04. The molecule has 3 nitrogen and oxygen atoms in total. The van der Waals surface area contributed by atoms with Crippen molar-refractivity contribution in [3.8, 4) is 0 Å². The van der Waals surface area contributed by atoms with Crippen molar-refractivity contribution < 1.29 is 9.59 Å². The van der Waals surface area contributed by atoms with Crippen LogP contribution in [0.1, 0.15) is 13.3 Å². The lowest BCUT2D eigenvalue weighted by Gasteiger charge is -2.22. The predicted molar refractivity (Wildman–Crippen MR) is 55.1 cm³/mol. The van der Waals surface area contributed by atoms with Gasteiger partial charge in [-0.1, -0.05) is 29.3 Å². The molecule has 0 heterocycles. The summed E-state index contributed by atoms with van der Waals surface area (Å²) in [5.41, 5.74) is 0.773. The van der Waals surface area contributed by atoms with Gasteiger partial charge in [-0.15, -0.1) is 0 Å². The van der Waals surface area contributed by atoms with Gasteiger partial charge in [0.05, 0.1) is 16.1 Å². The van der Waals surface area contributed by atoms with Gasteiger partial charge in [0.1, 0.15) is 0 Å². The molecule has 0 bridgehead atoms. The van der Waals surface area contributed by atoms with Crippen molar-refractivity contribution in [1.29, 1.82) is 0 Å². The lowest BCUT2D eigenvalue weighted by molar-refractivity contribution is -0.131. The summed E-state index contributed by atoms with van der Waals surface area (Å²) in [5, 5.41) is 3.44. The summed E-state index contributed by atoms with van der Waals surface area (Å²) >= 11 is 11.7. The molecule has 0 saturated carbocycles. The molecular formula is C9H9Cl2NO2. The second-order valence-corrected chi connectivity index (χ2v) is 3.75. The first-order valence-corrected chi connectivity index (χ1v) is 4.79. The van der Waals surface area contributed by atoms with E-state index in [4.69, 9.17) is 23.2 Å². The van der Waals surface area contributed by atoms with Crippen LogP contribution in [-0.4, -0.2) is 18.2 Å². The summed E-state index contributed by atoms with van der Waals surface area (Å²) in [6, 6.07) is -0.234. The van der Waals surface area contributed by atoms with Crippen molar-refractivity contribution in [1.82, 2.24) is 5.32 Å². The third kappa shape index (κ3) is 2.36. The fraction of sp³-hybridized carbons (Fsp3) is 0.333. The van der Waals surface area contributed by atoms with Gasteiger partial charge < -0.3 is 5.32 Å². The van der Waals surface area contributed by atoms with Crippen LogP contribution in [0, 0.1) is 0 Å². The van der Waals surface area contributed by atoms with Crippen LogP contribution in [0.5, 0.6) is 0 Å². The highest BCUT2D eigenvalue weighted by atomic mass is 35.5.